The lowest BCUT2D eigenvalue weighted by Crippen LogP contribution is -2.30. The maximum atomic E-state index is 13.2. The molecule has 1 unspecified atom stereocenters. The molecule has 0 bridgehead atoms. The molecule has 0 aromatic carbocycles. The molecular formula is C14H29FN2O5S. The lowest BCUT2D eigenvalue weighted by Gasteiger charge is -2.10. The van der Waals surface area contributed by atoms with Crippen molar-refractivity contribution in [1.82, 2.24) is 10.0 Å². The molecule has 1 amide bonds. The van der Waals surface area contributed by atoms with Gasteiger partial charge in [-0.25, -0.2) is 4.39 Å². The van der Waals surface area contributed by atoms with Crippen molar-refractivity contribution in [1.29, 1.82) is 0 Å². The Morgan fingerprint density at radius 2 is 1.52 bits per heavy atom. The zero-order valence-corrected chi connectivity index (χ0v) is 14.8. The Morgan fingerprint density at radius 3 is 2.04 bits per heavy atom. The molecule has 138 valence electrons. The lowest BCUT2D eigenvalue weighted by atomic mass is 10.4. The molecule has 9 heteroatoms. The van der Waals surface area contributed by atoms with E-state index in [0.717, 1.165) is 6.54 Å². The summed E-state index contributed by atoms with van der Waals surface area (Å²) in [5.74, 6) is -0.252. The van der Waals surface area contributed by atoms with E-state index in [0.29, 0.717) is 46.2 Å². The molecule has 0 aliphatic carbocycles. The summed E-state index contributed by atoms with van der Waals surface area (Å²) in [5, 5.41) is 2.39. The number of carbonyl (C=O) groups excluding carboxylic acids is 1. The third-order valence-corrected chi connectivity index (χ3v) is 2.97. The summed E-state index contributed by atoms with van der Waals surface area (Å²) in [5.41, 5.74) is 0. The zero-order chi connectivity index (χ0) is 17.2. The van der Waals surface area contributed by atoms with Crippen LogP contribution in [0.25, 0.3) is 0 Å². The van der Waals surface area contributed by atoms with Crippen LogP contribution in [-0.2, 0) is 23.7 Å². The van der Waals surface area contributed by atoms with Crippen molar-refractivity contribution in [3.05, 3.63) is 0 Å². The Morgan fingerprint density at radius 1 is 1.00 bits per heavy atom. The van der Waals surface area contributed by atoms with E-state index in [1.54, 1.807) is 11.9 Å². The van der Waals surface area contributed by atoms with E-state index in [2.05, 4.69) is 10.0 Å². The maximum Gasteiger partial charge on any atom is 0.216 e. The Balaban J connectivity index is 3.09. The monoisotopic (exact) mass is 356 g/mol. The van der Waals surface area contributed by atoms with Crippen molar-refractivity contribution in [3.63, 3.8) is 0 Å². The molecule has 0 radical (unpaired) electrons. The first-order valence-corrected chi connectivity index (χ1v) is 8.84. The third kappa shape index (κ3) is 19.5. The first-order chi connectivity index (χ1) is 11.2. The number of hydrogen-bond acceptors (Lipinski definition) is 7. The van der Waals surface area contributed by atoms with Gasteiger partial charge in [0.1, 0.15) is 6.17 Å². The van der Waals surface area contributed by atoms with Gasteiger partial charge in [-0.1, -0.05) is 11.9 Å². The second-order valence-corrected chi connectivity index (χ2v) is 5.24. The van der Waals surface area contributed by atoms with Crippen LogP contribution in [-0.4, -0.2) is 84.3 Å². The number of amides is 1. The van der Waals surface area contributed by atoms with Crippen molar-refractivity contribution < 1.29 is 28.1 Å². The van der Waals surface area contributed by atoms with Gasteiger partial charge >= 0.3 is 0 Å². The van der Waals surface area contributed by atoms with Crippen molar-refractivity contribution in [2.24, 2.45) is 0 Å². The minimum atomic E-state index is -1.20. The molecule has 23 heavy (non-hydrogen) atoms. The fourth-order valence-electron chi connectivity index (χ4n) is 1.40. The smallest absolute Gasteiger partial charge is 0.216 e. The van der Waals surface area contributed by atoms with Gasteiger partial charge in [0.2, 0.25) is 5.91 Å². The molecule has 0 heterocycles. The summed E-state index contributed by atoms with van der Waals surface area (Å²) in [6.45, 7) is 5.48. The van der Waals surface area contributed by atoms with Crippen LogP contribution in [0, 0.1) is 0 Å². The van der Waals surface area contributed by atoms with E-state index in [9.17, 15) is 9.18 Å². The molecule has 0 spiro atoms. The number of carbonyl (C=O) groups is 1. The van der Waals surface area contributed by atoms with Crippen molar-refractivity contribution in [2.45, 2.75) is 13.1 Å². The molecule has 0 aromatic rings. The fraction of sp³-hybridized carbons (Fsp3) is 0.929. The highest BCUT2D eigenvalue weighted by atomic mass is 32.2. The van der Waals surface area contributed by atoms with Crippen molar-refractivity contribution in [3.8, 4) is 0 Å². The summed E-state index contributed by atoms with van der Waals surface area (Å²) >= 11 is 1.56. The van der Waals surface area contributed by atoms with Gasteiger partial charge in [0, 0.05) is 13.5 Å². The predicted octanol–water partition coefficient (Wildman–Crippen LogP) is 0.395. The predicted molar refractivity (Wildman–Crippen MR) is 88.4 cm³/mol. The minimum absolute atomic E-state index is 0.0283. The van der Waals surface area contributed by atoms with E-state index in [4.69, 9.17) is 18.9 Å². The summed E-state index contributed by atoms with van der Waals surface area (Å²) in [6, 6.07) is 0. The number of halogens is 1. The normalized spacial score (nSPS) is 12.3. The van der Waals surface area contributed by atoms with Gasteiger partial charge in [-0.15, -0.1) is 0 Å². The first kappa shape index (κ1) is 22.6. The van der Waals surface area contributed by atoms with Gasteiger partial charge in [0.05, 0.1) is 59.4 Å². The first-order valence-electron chi connectivity index (χ1n) is 7.62. The van der Waals surface area contributed by atoms with Gasteiger partial charge in [-0.05, 0) is 6.26 Å². The molecule has 0 fully saturated rings. The maximum absolute atomic E-state index is 13.2. The zero-order valence-electron chi connectivity index (χ0n) is 14.0. The molecule has 2 N–H and O–H groups in total. The summed E-state index contributed by atoms with van der Waals surface area (Å²) in [6.07, 6.45) is 0.768. The van der Waals surface area contributed by atoms with E-state index >= 15 is 0 Å². The third-order valence-electron chi connectivity index (χ3n) is 2.48. The highest BCUT2D eigenvalue weighted by Gasteiger charge is 2.06. The van der Waals surface area contributed by atoms with Crippen molar-refractivity contribution >= 4 is 17.9 Å². The molecule has 0 aliphatic heterocycles. The van der Waals surface area contributed by atoms with E-state index in [1.165, 1.54) is 6.92 Å². The molecule has 0 aromatic heterocycles. The molecule has 1 atom stereocenters. The van der Waals surface area contributed by atoms with Crippen molar-refractivity contribution in [2.75, 3.05) is 72.2 Å². The highest BCUT2D eigenvalue weighted by Crippen LogP contribution is 1.91. The van der Waals surface area contributed by atoms with Crippen LogP contribution in [0.1, 0.15) is 6.92 Å². The number of nitrogens with one attached hydrogen (secondary N) is 2. The Kier molecular flexibility index (Phi) is 17.5. The molecular weight excluding hydrogens is 327 g/mol. The van der Waals surface area contributed by atoms with Crippen LogP contribution < -0.4 is 10.0 Å². The van der Waals surface area contributed by atoms with E-state index in [1.807, 2.05) is 6.26 Å². The standard InChI is InChI=1S/C14H29FN2O5S/c1-13(18)16-11-14(15)12-22-10-9-21-8-7-20-6-5-19-4-3-17-23-2/h14,17H,3-12H2,1-2H3,(H,16,18). The highest BCUT2D eigenvalue weighted by molar-refractivity contribution is 7.96. The Hall–Kier alpha value is -0.450. The Bertz CT molecular complexity index is 278. The van der Waals surface area contributed by atoms with Gasteiger partial charge in [-0.2, -0.15) is 0 Å². The quantitative estimate of drug-likeness (QED) is 0.288. The number of alkyl halides is 1. The van der Waals surface area contributed by atoms with Gasteiger partial charge in [-0.3, -0.25) is 9.52 Å². The molecule has 7 nitrogen and oxygen atoms in total. The molecule has 0 aliphatic rings. The second-order valence-electron chi connectivity index (χ2n) is 4.54. The molecule has 0 saturated carbocycles. The summed E-state index contributed by atoms with van der Waals surface area (Å²) in [7, 11) is 0. The number of ether oxygens (including phenoxy) is 4. The van der Waals surface area contributed by atoms with Gasteiger partial charge in [0.15, 0.2) is 0 Å². The minimum Gasteiger partial charge on any atom is -0.378 e. The second kappa shape index (κ2) is 17.9. The van der Waals surface area contributed by atoms with Gasteiger partial charge in [0.25, 0.3) is 0 Å². The SMILES string of the molecule is CSNCCOCCOCCOCCOCC(F)CNC(C)=O. The van der Waals surface area contributed by atoms with Crippen LogP contribution in [0.5, 0.6) is 0 Å². The van der Waals surface area contributed by atoms with Crippen LogP contribution >= 0.6 is 11.9 Å². The Labute approximate surface area is 142 Å². The average molecular weight is 356 g/mol. The lowest BCUT2D eigenvalue weighted by molar-refractivity contribution is -0.119. The molecule has 0 rings (SSSR count). The van der Waals surface area contributed by atoms with E-state index in [-0.39, 0.29) is 19.1 Å². The van der Waals surface area contributed by atoms with Crippen LogP contribution in [0.4, 0.5) is 4.39 Å². The number of hydrogen-bond donors (Lipinski definition) is 2. The van der Waals surface area contributed by atoms with Crippen LogP contribution in [0.2, 0.25) is 0 Å². The topological polar surface area (TPSA) is 78.1 Å². The van der Waals surface area contributed by atoms with Crippen LogP contribution in [0.15, 0.2) is 0 Å². The largest absolute Gasteiger partial charge is 0.378 e. The average Bonchev–Trinajstić information content (AvgIpc) is 2.53. The number of rotatable bonds is 17. The van der Waals surface area contributed by atoms with E-state index < -0.39 is 6.17 Å². The summed E-state index contributed by atoms with van der Waals surface area (Å²) < 4.78 is 37.3. The fourth-order valence-corrected chi connectivity index (χ4v) is 1.69. The van der Waals surface area contributed by atoms with Gasteiger partial charge < -0.3 is 24.3 Å². The summed E-state index contributed by atoms with van der Waals surface area (Å²) in [4.78, 5) is 10.6. The van der Waals surface area contributed by atoms with Crippen LogP contribution in [0.3, 0.4) is 0 Å². The molecule has 0 saturated heterocycles.